The van der Waals surface area contributed by atoms with E-state index in [-0.39, 0.29) is 12.5 Å². The van der Waals surface area contributed by atoms with Gasteiger partial charge in [0.2, 0.25) is 0 Å². The lowest BCUT2D eigenvalue weighted by molar-refractivity contribution is -0.136. The first-order valence-electron chi connectivity index (χ1n) is 5.03. The van der Waals surface area contributed by atoms with Crippen LogP contribution in [0.5, 0.6) is 0 Å². The zero-order valence-electron chi connectivity index (χ0n) is 8.31. The van der Waals surface area contributed by atoms with Crippen LogP contribution in [0.1, 0.15) is 35.3 Å². The molecule has 0 aliphatic carbocycles. The molecule has 0 spiro atoms. The molecule has 2 heterocycles. The maximum Gasteiger partial charge on any atom is 0.303 e. The standard InChI is InChI=1S/C10H13NO3S/c12-10(13)4-3-9-11-6-8(15-9)7-2-1-5-14-7/h6-7H,1-5H2,(H,12,13). The Morgan fingerprint density at radius 3 is 3.27 bits per heavy atom. The van der Waals surface area contributed by atoms with Gasteiger partial charge in [0.1, 0.15) is 0 Å². The van der Waals surface area contributed by atoms with Gasteiger partial charge in [-0.15, -0.1) is 11.3 Å². The van der Waals surface area contributed by atoms with Crippen molar-refractivity contribution in [2.45, 2.75) is 31.8 Å². The number of hydrogen-bond donors (Lipinski definition) is 1. The lowest BCUT2D eigenvalue weighted by Crippen LogP contribution is -1.96. The van der Waals surface area contributed by atoms with Gasteiger partial charge in [-0.05, 0) is 12.8 Å². The van der Waals surface area contributed by atoms with E-state index in [4.69, 9.17) is 9.84 Å². The fraction of sp³-hybridized carbons (Fsp3) is 0.600. The molecule has 0 aromatic carbocycles. The summed E-state index contributed by atoms with van der Waals surface area (Å²) < 4.78 is 5.53. The normalized spacial score (nSPS) is 20.7. The van der Waals surface area contributed by atoms with E-state index in [0.717, 1.165) is 29.3 Å². The lowest BCUT2D eigenvalue weighted by Gasteiger charge is -2.03. The fourth-order valence-electron chi connectivity index (χ4n) is 1.60. The molecule has 0 amide bonds. The maximum absolute atomic E-state index is 10.4. The van der Waals surface area contributed by atoms with Crippen LogP contribution in [0.15, 0.2) is 6.20 Å². The number of aryl methyl sites for hydroxylation is 1. The van der Waals surface area contributed by atoms with Gasteiger partial charge in [-0.1, -0.05) is 0 Å². The number of thiazole rings is 1. The van der Waals surface area contributed by atoms with Crippen molar-refractivity contribution in [3.8, 4) is 0 Å². The van der Waals surface area contributed by atoms with Gasteiger partial charge < -0.3 is 9.84 Å². The number of nitrogens with zero attached hydrogens (tertiary/aromatic N) is 1. The molecule has 82 valence electrons. The van der Waals surface area contributed by atoms with E-state index in [1.54, 1.807) is 11.3 Å². The van der Waals surface area contributed by atoms with Crippen molar-refractivity contribution in [3.63, 3.8) is 0 Å². The zero-order chi connectivity index (χ0) is 10.7. The van der Waals surface area contributed by atoms with Gasteiger partial charge in [-0.3, -0.25) is 4.79 Å². The second kappa shape index (κ2) is 4.72. The molecule has 1 saturated heterocycles. The molecule has 2 rings (SSSR count). The molecule has 1 aromatic rings. The Hall–Kier alpha value is -0.940. The second-order valence-electron chi connectivity index (χ2n) is 3.55. The summed E-state index contributed by atoms with van der Waals surface area (Å²) in [5.74, 6) is -0.774. The first kappa shape index (κ1) is 10.6. The largest absolute Gasteiger partial charge is 0.481 e. The summed E-state index contributed by atoms with van der Waals surface area (Å²) in [4.78, 5) is 15.7. The average Bonchev–Trinajstić information content (AvgIpc) is 2.85. The van der Waals surface area contributed by atoms with Crippen molar-refractivity contribution >= 4 is 17.3 Å². The van der Waals surface area contributed by atoms with Gasteiger partial charge >= 0.3 is 5.97 Å². The molecular formula is C10H13NO3S. The average molecular weight is 227 g/mol. The Balaban J connectivity index is 1.94. The fourth-order valence-corrected chi connectivity index (χ4v) is 2.61. The Labute approximate surface area is 91.9 Å². The molecular weight excluding hydrogens is 214 g/mol. The van der Waals surface area contributed by atoms with Crippen molar-refractivity contribution < 1.29 is 14.6 Å². The van der Waals surface area contributed by atoms with Crippen molar-refractivity contribution in [2.75, 3.05) is 6.61 Å². The van der Waals surface area contributed by atoms with Crippen LogP contribution in [0.25, 0.3) is 0 Å². The number of ether oxygens (including phenoxy) is 1. The van der Waals surface area contributed by atoms with Crippen molar-refractivity contribution in [1.82, 2.24) is 4.98 Å². The number of aliphatic carboxylic acids is 1. The topological polar surface area (TPSA) is 59.4 Å². The van der Waals surface area contributed by atoms with Crippen LogP contribution in [0.4, 0.5) is 0 Å². The highest BCUT2D eigenvalue weighted by Crippen LogP contribution is 2.32. The monoisotopic (exact) mass is 227 g/mol. The lowest BCUT2D eigenvalue weighted by atomic mass is 10.2. The van der Waals surface area contributed by atoms with Crippen LogP contribution in [-0.2, 0) is 16.0 Å². The van der Waals surface area contributed by atoms with Gasteiger partial charge in [-0.25, -0.2) is 4.98 Å². The number of carboxylic acid groups (broad SMARTS) is 1. The van der Waals surface area contributed by atoms with Crippen LogP contribution in [0, 0.1) is 0 Å². The summed E-state index contributed by atoms with van der Waals surface area (Å²) in [5, 5.41) is 9.44. The van der Waals surface area contributed by atoms with E-state index >= 15 is 0 Å². The van der Waals surface area contributed by atoms with Gasteiger partial charge in [-0.2, -0.15) is 0 Å². The minimum absolute atomic E-state index is 0.151. The highest BCUT2D eigenvalue weighted by atomic mass is 32.1. The minimum Gasteiger partial charge on any atom is -0.481 e. The van der Waals surface area contributed by atoms with Crippen LogP contribution < -0.4 is 0 Å². The van der Waals surface area contributed by atoms with Crippen LogP contribution in [-0.4, -0.2) is 22.7 Å². The Kier molecular flexibility index (Phi) is 3.33. The zero-order valence-corrected chi connectivity index (χ0v) is 9.13. The van der Waals surface area contributed by atoms with Crippen LogP contribution in [0.2, 0.25) is 0 Å². The van der Waals surface area contributed by atoms with Gasteiger partial charge in [0, 0.05) is 19.2 Å². The summed E-state index contributed by atoms with van der Waals surface area (Å²) in [6.45, 7) is 0.826. The molecule has 5 heteroatoms. The molecule has 4 nitrogen and oxygen atoms in total. The van der Waals surface area contributed by atoms with E-state index < -0.39 is 5.97 Å². The van der Waals surface area contributed by atoms with E-state index in [1.807, 2.05) is 6.20 Å². The third kappa shape index (κ3) is 2.76. The SMILES string of the molecule is O=C(O)CCc1ncc(C2CCCO2)s1. The Bertz CT molecular complexity index is 344. The van der Waals surface area contributed by atoms with Gasteiger partial charge in [0.25, 0.3) is 0 Å². The second-order valence-corrected chi connectivity index (χ2v) is 4.70. The molecule has 1 unspecified atom stereocenters. The van der Waals surface area contributed by atoms with E-state index in [2.05, 4.69) is 4.98 Å². The number of rotatable bonds is 4. The summed E-state index contributed by atoms with van der Waals surface area (Å²) in [6, 6.07) is 0. The molecule has 1 fully saturated rings. The summed E-state index contributed by atoms with van der Waals surface area (Å²) >= 11 is 1.57. The smallest absolute Gasteiger partial charge is 0.303 e. The van der Waals surface area contributed by atoms with Crippen molar-refractivity contribution in [2.24, 2.45) is 0 Å². The predicted molar refractivity (Wildman–Crippen MR) is 56.0 cm³/mol. The molecule has 1 N–H and O–H groups in total. The summed E-state index contributed by atoms with van der Waals surface area (Å²) in [5.41, 5.74) is 0. The first-order valence-corrected chi connectivity index (χ1v) is 5.85. The number of hydrogen-bond acceptors (Lipinski definition) is 4. The van der Waals surface area contributed by atoms with Gasteiger partial charge in [0.15, 0.2) is 0 Å². The molecule has 15 heavy (non-hydrogen) atoms. The van der Waals surface area contributed by atoms with Crippen LogP contribution in [0.3, 0.4) is 0 Å². The third-order valence-corrected chi connectivity index (χ3v) is 3.52. The summed E-state index contributed by atoms with van der Waals surface area (Å²) in [7, 11) is 0. The Morgan fingerprint density at radius 2 is 2.60 bits per heavy atom. The maximum atomic E-state index is 10.4. The molecule has 0 radical (unpaired) electrons. The molecule has 1 aliphatic heterocycles. The van der Waals surface area contributed by atoms with Crippen molar-refractivity contribution in [3.05, 3.63) is 16.1 Å². The van der Waals surface area contributed by atoms with Gasteiger partial charge in [0.05, 0.1) is 22.4 Å². The number of carbonyl (C=O) groups is 1. The van der Waals surface area contributed by atoms with Crippen LogP contribution >= 0.6 is 11.3 Å². The molecule has 0 bridgehead atoms. The first-order chi connectivity index (χ1) is 7.25. The number of aromatic nitrogens is 1. The predicted octanol–water partition coefficient (Wildman–Crippen LogP) is 2.01. The van der Waals surface area contributed by atoms with E-state index in [9.17, 15) is 4.79 Å². The third-order valence-electron chi connectivity index (χ3n) is 2.37. The number of carboxylic acids is 1. The van der Waals surface area contributed by atoms with E-state index in [1.165, 1.54) is 0 Å². The van der Waals surface area contributed by atoms with Crippen molar-refractivity contribution in [1.29, 1.82) is 0 Å². The molecule has 1 atom stereocenters. The molecule has 0 saturated carbocycles. The minimum atomic E-state index is -0.774. The Morgan fingerprint density at radius 1 is 1.73 bits per heavy atom. The highest BCUT2D eigenvalue weighted by Gasteiger charge is 2.20. The highest BCUT2D eigenvalue weighted by molar-refractivity contribution is 7.11. The quantitative estimate of drug-likeness (QED) is 0.854. The summed E-state index contributed by atoms with van der Waals surface area (Å²) in [6.07, 6.45) is 4.84. The van der Waals surface area contributed by atoms with E-state index in [0.29, 0.717) is 6.42 Å². The molecule has 1 aromatic heterocycles. The molecule has 1 aliphatic rings.